The van der Waals surface area contributed by atoms with Gasteiger partial charge in [0.1, 0.15) is 13.2 Å². The van der Waals surface area contributed by atoms with Gasteiger partial charge in [0.15, 0.2) is 23.3 Å². The first-order chi connectivity index (χ1) is 13.1. The maximum atomic E-state index is 12.4. The number of aromatic nitrogens is 2. The van der Waals surface area contributed by atoms with Crippen molar-refractivity contribution in [2.75, 3.05) is 18.5 Å². The van der Waals surface area contributed by atoms with Crippen LogP contribution in [0.5, 0.6) is 11.5 Å². The molecule has 3 aromatic rings. The fraction of sp³-hybridized carbons (Fsp3) is 0.211. The van der Waals surface area contributed by atoms with Gasteiger partial charge in [0.25, 0.3) is 5.91 Å². The lowest BCUT2D eigenvalue weighted by Crippen LogP contribution is -2.30. The summed E-state index contributed by atoms with van der Waals surface area (Å²) in [5.74, 6) is 0.0629. The molecule has 1 unspecified atom stereocenters. The monoisotopic (exact) mass is 367 g/mol. The van der Waals surface area contributed by atoms with Gasteiger partial charge in [0, 0.05) is 17.1 Å². The molecule has 0 fully saturated rings. The molecule has 1 aliphatic rings. The highest BCUT2D eigenvalue weighted by Crippen LogP contribution is 2.32. The largest absolute Gasteiger partial charge is 0.486 e. The van der Waals surface area contributed by atoms with E-state index in [4.69, 9.17) is 14.2 Å². The Morgan fingerprint density at radius 1 is 1.15 bits per heavy atom. The number of nitrogens with zero attached hydrogens (tertiary/aromatic N) is 1. The Balaban J connectivity index is 1.42. The second-order valence-corrected chi connectivity index (χ2v) is 6.01. The molecule has 27 heavy (non-hydrogen) atoms. The zero-order chi connectivity index (χ0) is 18.8. The second kappa shape index (κ2) is 6.99. The lowest BCUT2D eigenvalue weighted by Gasteiger charge is -2.19. The van der Waals surface area contributed by atoms with Crippen LogP contribution in [0.25, 0.3) is 10.9 Å². The molecule has 0 spiro atoms. The van der Waals surface area contributed by atoms with Gasteiger partial charge in [-0.15, -0.1) is 0 Å². The molecule has 0 radical (unpaired) electrons. The van der Waals surface area contributed by atoms with E-state index in [1.54, 1.807) is 36.4 Å². The summed E-state index contributed by atoms with van der Waals surface area (Å²) in [6, 6.07) is 12.3. The van der Waals surface area contributed by atoms with E-state index >= 15 is 0 Å². The van der Waals surface area contributed by atoms with Crippen molar-refractivity contribution in [2.45, 2.75) is 13.0 Å². The molecule has 138 valence electrons. The van der Waals surface area contributed by atoms with Gasteiger partial charge in [-0.05, 0) is 25.1 Å². The van der Waals surface area contributed by atoms with Gasteiger partial charge in [-0.3, -0.25) is 9.89 Å². The predicted octanol–water partition coefficient (Wildman–Crippen LogP) is 2.52. The summed E-state index contributed by atoms with van der Waals surface area (Å²) in [6.45, 7) is 2.45. The van der Waals surface area contributed by atoms with Crippen LogP contribution in [0.1, 0.15) is 17.4 Å². The minimum Gasteiger partial charge on any atom is -0.486 e. The normalized spacial score (nSPS) is 13.8. The summed E-state index contributed by atoms with van der Waals surface area (Å²) in [4.78, 5) is 24.7. The lowest BCUT2D eigenvalue weighted by molar-refractivity contribution is -0.123. The molecule has 1 amide bonds. The van der Waals surface area contributed by atoms with E-state index in [0.29, 0.717) is 35.8 Å². The number of para-hydroxylation sites is 1. The molecule has 8 heteroatoms. The van der Waals surface area contributed by atoms with E-state index < -0.39 is 18.0 Å². The van der Waals surface area contributed by atoms with Crippen molar-refractivity contribution in [1.82, 2.24) is 10.2 Å². The summed E-state index contributed by atoms with van der Waals surface area (Å²) in [5, 5.41) is 10.1. The number of nitrogens with one attached hydrogen (secondary N) is 2. The van der Waals surface area contributed by atoms with Crippen LogP contribution < -0.4 is 14.8 Å². The number of hydrogen-bond acceptors (Lipinski definition) is 6. The number of fused-ring (bicyclic) bond motifs is 2. The third-order valence-electron chi connectivity index (χ3n) is 4.13. The minimum atomic E-state index is -0.999. The highest BCUT2D eigenvalue weighted by Gasteiger charge is 2.23. The van der Waals surface area contributed by atoms with Crippen molar-refractivity contribution in [1.29, 1.82) is 0 Å². The standard InChI is InChI=1S/C19H17N3O5/c1-11(27-19(24)17-13-4-2-3-5-14(13)21-22-17)18(23)20-12-6-7-15-16(10-12)26-9-8-25-15/h2-7,10-11H,8-9H2,1H3,(H,20,23)(H,21,22). The number of aromatic amines is 1. The average Bonchev–Trinajstić information content (AvgIpc) is 3.12. The van der Waals surface area contributed by atoms with Gasteiger partial charge in [-0.25, -0.2) is 4.79 Å². The lowest BCUT2D eigenvalue weighted by atomic mass is 10.2. The first kappa shape index (κ1) is 16.9. The van der Waals surface area contributed by atoms with Crippen molar-refractivity contribution in [3.63, 3.8) is 0 Å². The van der Waals surface area contributed by atoms with Gasteiger partial charge in [-0.1, -0.05) is 18.2 Å². The molecule has 0 saturated heterocycles. The van der Waals surface area contributed by atoms with Crippen LogP contribution in [-0.4, -0.2) is 41.4 Å². The Morgan fingerprint density at radius 3 is 2.78 bits per heavy atom. The number of benzene rings is 2. The van der Waals surface area contributed by atoms with Gasteiger partial charge in [-0.2, -0.15) is 5.10 Å². The molecule has 0 saturated carbocycles. The van der Waals surface area contributed by atoms with Gasteiger partial charge >= 0.3 is 5.97 Å². The number of carbonyl (C=O) groups excluding carboxylic acids is 2. The average molecular weight is 367 g/mol. The summed E-state index contributed by atoms with van der Waals surface area (Å²) in [7, 11) is 0. The summed E-state index contributed by atoms with van der Waals surface area (Å²) >= 11 is 0. The topological polar surface area (TPSA) is 103 Å². The van der Waals surface area contributed by atoms with E-state index in [2.05, 4.69) is 15.5 Å². The summed E-state index contributed by atoms with van der Waals surface area (Å²) in [5.41, 5.74) is 1.39. The number of ether oxygens (including phenoxy) is 3. The van der Waals surface area contributed by atoms with E-state index in [-0.39, 0.29) is 5.69 Å². The first-order valence-electron chi connectivity index (χ1n) is 8.46. The Labute approximate surface area is 154 Å². The number of esters is 1. The number of H-pyrrole nitrogens is 1. The highest BCUT2D eigenvalue weighted by atomic mass is 16.6. The molecule has 0 aliphatic carbocycles. The van der Waals surface area contributed by atoms with Gasteiger partial charge in [0.05, 0.1) is 5.52 Å². The molecule has 2 heterocycles. The fourth-order valence-electron chi connectivity index (χ4n) is 2.75. The van der Waals surface area contributed by atoms with Crippen molar-refractivity contribution >= 4 is 28.5 Å². The van der Waals surface area contributed by atoms with E-state index in [9.17, 15) is 9.59 Å². The number of hydrogen-bond donors (Lipinski definition) is 2. The van der Waals surface area contributed by atoms with Crippen LogP contribution in [-0.2, 0) is 9.53 Å². The maximum absolute atomic E-state index is 12.4. The summed E-state index contributed by atoms with van der Waals surface area (Å²) < 4.78 is 16.2. The smallest absolute Gasteiger partial charge is 0.360 e. The van der Waals surface area contributed by atoms with Crippen molar-refractivity contribution < 1.29 is 23.8 Å². The van der Waals surface area contributed by atoms with Crippen LogP contribution >= 0.6 is 0 Å². The van der Waals surface area contributed by atoms with E-state index in [0.717, 1.165) is 5.52 Å². The number of anilines is 1. The predicted molar refractivity (Wildman–Crippen MR) is 97.0 cm³/mol. The Kier molecular flexibility index (Phi) is 4.37. The molecule has 2 N–H and O–H groups in total. The molecule has 4 rings (SSSR count). The Morgan fingerprint density at radius 2 is 1.93 bits per heavy atom. The van der Waals surface area contributed by atoms with Crippen LogP contribution in [0.2, 0.25) is 0 Å². The molecule has 0 bridgehead atoms. The zero-order valence-corrected chi connectivity index (χ0v) is 14.5. The molecular weight excluding hydrogens is 350 g/mol. The molecular formula is C19H17N3O5. The molecule has 1 aromatic heterocycles. The van der Waals surface area contributed by atoms with E-state index in [1.807, 2.05) is 6.07 Å². The SMILES string of the molecule is CC(OC(=O)c1n[nH]c2ccccc12)C(=O)Nc1ccc2c(c1)OCCO2. The van der Waals surface area contributed by atoms with Gasteiger partial charge < -0.3 is 19.5 Å². The molecule has 1 atom stereocenters. The zero-order valence-electron chi connectivity index (χ0n) is 14.5. The quantitative estimate of drug-likeness (QED) is 0.687. The van der Waals surface area contributed by atoms with Crippen LogP contribution in [0, 0.1) is 0 Å². The Hall–Kier alpha value is -3.55. The Bertz CT molecular complexity index is 1010. The van der Waals surface area contributed by atoms with Crippen LogP contribution in [0.15, 0.2) is 42.5 Å². The molecule has 1 aliphatic heterocycles. The first-order valence-corrected chi connectivity index (χ1v) is 8.46. The number of amides is 1. The number of rotatable bonds is 4. The van der Waals surface area contributed by atoms with Gasteiger partial charge in [0.2, 0.25) is 0 Å². The van der Waals surface area contributed by atoms with Crippen molar-refractivity contribution in [2.24, 2.45) is 0 Å². The fourth-order valence-corrected chi connectivity index (χ4v) is 2.75. The van der Waals surface area contributed by atoms with Crippen molar-refractivity contribution in [3.8, 4) is 11.5 Å². The second-order valence-electron chi connectivity index (χ2n) is 6.01. The highest BCUT2D eigenvalue weighted by molar-refractivity contribution is 6.03. The molecule has 8 nitrogen and oxygen atoms in total. The van der Waals surface area contributed by atoms with Crippen LogP contribution in [0.4, 0.5) is 5.69 Å². The maximum Gasteiger partial charge on any atom is 0.360 e. The minimum absolute atomic E-state index is 0.143. The van der Waals surface area contributed by atoms with E-state index in [1.165, 1.54) is 6.92 Å². The van der Waals surface area contributed by atoms with Crippen LogP contribution in [0.3, 0.4) is 0 Å². The summed E-state index contributed by atoms with van der Waals surface area (Å²) in [6.07, 6.45) is -0.999. The molecule has 2 aromatic carbocycles. The third kappa shape index (κ3) is 3.41. The number of carbonyl (C=O) groups is 2. The van der Waals surface area contributed by atoms with Crippen molar-refractivity contribution in [3.05, 3.63) is 48.2 Å². The third-order valence-corrected chi connectivity index (χ3v) is 4.13.